The molecule has 1 saturated heterocycles. The third kappa shape index (κ3) is 1.43. The van der Waals surface area contributed by atoms with Crippen molar-refractivity contribution in [2.24, 2.45) is 0 Å². The molecule has 0 aromatic heterocycles. The van der Waals surface area contributed by atoms with Gasteiger partial charge >= 0.3 is 0 Å². The van der Waals surface area contributed by atoms with E-state index in [1.165, 1.54) is 0 Å². The van der Waals surface area contributed by atoms with Crippen molar-refractivity contribution in [3.8, 4) is 0 Å². The molecular weight excluding hydrogens is 108 g/mol. The monoisotopic (exact) mass is 118 g/mol. The van der Waals surface area contributed by atoms with Gasteiger partial charge in [-0.1, -0.05) is 0 Å². The van der Waals surface area contributed by atoms with Gasteiger partial charge in [-0.25, -0.2) is 9.78 Å². The van der Waals surface area contributed by atoms with Crippen molar-refractivity contribution >= 4 is 0 Å². The Bertz CT molecular complexity index is 71.7. The van der Waals surface area contributed by atoms with Crippen molar-refractivity contribution < 1.29 is 14.9 Å². The molecule has 1 fully saturated rings. The van der Waals surface area contributed by atoms with Crippen LogP contribution in [0.2, 0.25) is 0 Å². The number of rotatable bonds is 0. The lowest BCUT2D eigenvalue weighted by Crippen LogP contribution is -2.32. The smallest absolute Gasteiger partial charge is 0.196 e. The molecule has 1 heterocycles. The van der Waals surface area contributed by atoms with Crippen LogP contribution >= 0.6 is 0 Å². The van der Waals surface area contributed by atoms with Crippen molar-refractivity contribution in [3.05, 3.63) is 0 Å². The Kier molecular flexibility index (Phi) is 1.51. The van der Waals surface area contributed by atoms with Gasteiger partial charge in [0.1, 0.15) is 0 Å². The highest BCUT2D eigenvalue weighted by Crippen LogP contribution is 2.18. The topological polar surface area (TPSA) is 38.7 Å². The van der Waals surface area contributed by atoms with E-state index in [9.17, 15) is 0 Å². The van der Waals surface area contributed by atoms with Crippen LogP contribution in [0.3, 0.4) is 0 Å². The zero-order valence-corrected chi connectivity index (χ0v) is 4.89. The predicted molar refractivity (Wildman–Crippen MR) is 26.9 cm³/mol. The third-order valence-corrected chi connectivity index (χ3v) is 1.11. The first-order chi connectivity index (χ1) is 3.71. The SMILES string of the molecule is CC1(O)CCCOO1. The molecule has 8 heavy (non-hydrogen) atoms. The summed E-state index contributed by atoms with van der Waals surface area (Å²) in [4.78, 5) is 9.06. The minimum atomic E-state index is -1.04. The quantitative estimate of drug-likeness (QED) is 0.469. The number of hydrogen-bond acceptors (Lipinski definition) is 3. The molecule has 0 amide bonds. The van der Waals surface area contributed by atoms with Gasteiger partial charge in [-0.15, -0.1) is 0 Å². The van der Waals surface area contributed by atoms with E-state index in [0.29, 0.717) is 13.0 Å². The van der Waals surface area contributed by atoms with Crippen molar-refractivity contribution in [1.82, 2.24) is 0 Å². The summed E-state index contributed by atoms with van der Waals surface area (Å²) < 4.78 is 0. The van der Waals surface area contributed by atoms with E-state index in [1.54, 1.807) is 6.92 Å². The van der Waals surface area contributed by atoms with Gasteiger partial charge in [0.2, 0.25) is 0 Å². The maximum absolute atomic E-state index is 9.03. The summed E-state index contributed by atoms with van der Waals surface area (Å²) in [5, 5.41) is 9.03. The van der Waals surface area contributed by atoms with Gasteiger partial charge in [0.05, 0.1) is 6.61 Å². The van der Waals surface area contributed by atoms with Crippen LogP contribution in [-0.2, 0) is 9.78 Å². The Morgan fingerprint density at radius 3 is 2.62 bits per heavy atom. The molecule has 1 rings (SSSR count). The lowest BCUT2D eigenvalue weighted by atomic mass is 10.2. The highest BCUT2D eigenvalue weighted by atomic mass is 17.2. The average molecular weight is 118 g/mol. The van der Waals surface area contributed by atoms with E-state index < -0.39 is 5.79 Å². The standard InChI is InChI=1S/C5H10O3/c1-5(6)3-2-4-7-8-5/h6H,2-4H2,1H3. The first-order valence-corrected chi connectivity index (χ1v) is 2.74. The summed E-state index contributed by atoms with van der Waals surface area (Å²) in [6.45, 7) is 2.18. The Labute approximate surface area is 48.1 Å². The zero-order chi connectivity index (χ0) is 6.04. The minimum absolute atomic E-state index is 0.593. The van der Waals surface area contributed by atoms with Gasteiger partial charge in [0.25, 0.3) is 0 Å². The molecule has 0 spiro atoms. The largest absolute Gasteiger partial charge is 0.363 e. The summed E-state index contributed by atoms with van der Waals surface area (Å²) in [6.07, 6.45) is 1.53. The second-order valence-corrected chi connectivity index (χ2v) is 2.18. The van der Waals surface area contributed by atoms with Gasteiger partial charge in [0, 0.05) is 6.42 Å². The van der Waals surface area contributed by atoms with Crippen LogP contribution in [-0.4, -0.2) is 17.5 Å². The van der Waals surface area contributed by atoms with E-state index in [1.807, 2.05) is 0 Å². The highest BCUT2D eigenvalue weighted by molar-refractivity contribution is 4.59. The normalized spacial score (nSPS) is 39.8. The minimum Gasteiger partial charge on any atom is -0.363 e. The van der Waals surface area contributed by atoms with E-state index in [-0.39, 0.29) is 0 Å². The molecule has 1 unspecified atom stereocenters. The molecule has 0 bridgehead atoms. The fourth-order valence-electron chi connectivity index (χ4n) is 0.669. The molecule has 1 N–H and O–H groups in total. The first-order valence-electron chi connectivity index (χ1n) is 2.74. The maximum Gasteiger partial charge on any atom is 0.196 e. The molecule has 0 aromatic rings. The molecular formula is C5H10O3. The zero-order valence-electron chi connectivity index (χ0n) is 4.89. The Morgan fingerprint density at radius 2 is 2.38 bits per heavy atom. The average Bonchev–Trinajstić information content (AvgIpc) is 1.65. The van der Waals surface area contributed by atoms with Gasteiger partial charge < -0.3 is 5.11 Å². The van der Waals surface area contributed by atoms with Crippen molar-refractivity contribution in [1.29, 1.82) is 0 Å². The molecule has 0 aromatic carbocycles. The molecule has 1 aliphatic heterocycles. The molecule has 0 radical (unpaired) electrons. The fourth-order valence-corrected chi connectivity index (χ4v) is 0.669. The molecule has 1 aliphatic rings. The molecule has 0 aliphatic carbocycles. The van der Waals surface area contributed by atoms with Crippen molar-refractivity contribution in [2.75, 3.05) is 6.61 Å². The van der Waals surface area contributed by atoms with Gasteiger partial charge in [-0.2, -0.15) is 0 Å². The molecule has 3 nitrogen and oxygen atoms in total. The van der Waals surface area contributed by atoms with Crippen LogP contribution in [0.4, 0.5) is 0 Å². The van der Waals surface area contributed by atoms with E-state index in [2.05, 4.69) is 9.78 Å². The second kappa shape index (κ2) is 2.01. The van der Waals surface area contributed by atoms with Crippen LogP contribution in [0.5, 0.6) is 0 Å². The van der Waals surface area contributed by atoms with Crippen molar-refractivity contribution in [3.63, 3.8) is 0 Å². The van der Waals surface area contributed by atoms with Crippen LogP contribution in [0.1, 0.15) is 19.8 Å². The molecule has 3 heteroatoms. The molecule has 48 valence electrons. The molecule has 1 atom stereocenters. The summed E-state index contributed by atoms with van der Waals surface area (Å²) in [6, 6.07) is 0. The van der Waals surface area contributed by atoms with Crippen molar-refractivity contribution in [2.45, 2.75) is 25.6 Å². The van der Waals surface area contributed by atoms with E-state index >= 15 is 0 Å². The lowest BCUT2D eigenvalue weighted by molar-refractivity contribution is -0.434. The Morgan fingerprint density at radius 1 is 1.62 bits per heavy atom. The fraction of sp³-hybridized carbons (Fsp3) is 1.00. The summed E-state index contributed by atoms with van der Waals surface area (Å²) in [7, 11) is 0. The first kappa shape index (κ1) is 6.01. The molecule has 0 saturated carbocycles. The van der Waals surface area contributed by atoms with Gasteiger partial charge in [-0.3, -0.25) is 0 Å². The van der Waals surface area contributed by atoms with Crippen LogP contribution < -0.4 is 0 Å². The summed E-state index contributed by atoms with van der Waals surface area (Å²) in [5.74, 6) is -1.04. The van der Waals surface area contributed by atoms with E-state index in [0.717, 1.165) is 6.42 Å². The maximum atomic E-state index is 9.03. The highest BCUT2D eigenvalue weighted by Gasteiger charge is 2.25. The Hall–Kier alpha value is -0.120. The van der Waals surface area contributed by atoms with Gasteiger partial charge in [-0.05, 0) is 13.3 Å². The second-order valence-electron chi connectivity index (χ2n) is 2.18. The van der Waals surface area contributed by atoms with Crippen LogP contribution in [0, 0.1) is 0 Å². The summed E-state index contributed by atoms with van der Waals surface area (Å²) in [5.41, 5.74) is 0. The van der Waals surface area contributed by atoms with Gasteiger partial charge in [0.15, 0.2) is 5.79 Å². The number of aliphatic hydroxyl groups is 1. The van der Waals surface area contributed by atoms with Crippen LogP contribution in [0.15, 0.2) is 0 Å². The summed E-state index contributed by atoms with van der Waals surface area (Å²) >= 11 is 0. The Balaban J connectivity index is 2.33. The number of hydrogen-bond donors (Lipinski definition) is 1. The van der Waals surface area contributed by atoms with E-state index in [4.69, 9.17) is 5.11 Å². The lowest BCUT2D eigenvalue weighted by Gasteiger charge is -2.25. The third-order valence-electron chi connectivity index (χ3n) is 1.11. The van der Waals surface area contributed by atoms with Crippen LogP contribution in [0.25, 0.3) is 0 Å². The predicted octanol–water partition coefficient (Wildman–Crippen LogP) is 0.437.